The smallest absolute Gasteiger partial charge is 0.171 e. The van der Waals surface area contributed by atoms with Crippen LogP contribution in [0.25, 0.3) is 0 Å². The summed E-state index contributed by atoms with van der Waals surface area (Å²) in [5, 5.41) is 9.03. The van der Waals surface area contributed by atoms with Crippen molar-refractivity contribution in [1.82, 2.24) is 9.88 Å². The van der Waals surface area contributed by atoms with Gasteiger partial charge < -0.3 is 14.9 Å². The lowest BCUT2D eigenvalue weighted by Crippen LogP contribution is -2.46. The summed E-state index contributed by atoms with van der Waals surface area (Å²) in [6, 6.07) is 1.52. The quantitative estimate of drug-likeness (QED) is 0.849. The summed E-state index contributed by atoms with van der Waals surface area (Å²) in [4.78, 5) is 8.35. The summed E-state index contributed by atoms with van der Waals surface area (Å²) in [5.41, 5.74) is 0.313. The number of hydrogen-bond donors (Lipinski definition) is 1. The number of pyridine rings is 1. The zero-order valence-corrected chi connectivity index (χ0v) is 10.1. The molecule has 2 heterocycles. The van der Waals surface area contributed by atoms with E-state index < -0.39 is 0 Å². The molecule has 2 rings (SSSR count). The Hall–Kier alpha value is -1.20. The van der Waals surface area contributed by atoms with Gasteiger partial charge in [0.25, 0.3) is 0 Å². The number of rotatable bonds is 3. The molecule has 1 aliphatic rings. The van der Waals surface area contributed by atoms with Gasteiger partial charge in [0, 0.05) is 37.9 Å². The van der Waals surface area contributed by atoms with Crippen LogP contribution in [0.3, 0.4) is 0 Å². The first-order valence-corrected chi connectivity index (χ1v) is 5.97. The number of aliphatic hydroxyl groups is 1. The predicted octanol–water partition coefficient (Wildman–Crippen LogP) is 0.855. The van der Waals surface area contributed by atoms with E-state index in [-0.39, 0.29) is 12.4 Å². The average molecular weight is 239 g/mol. The molecule has 0 unspecified atom stereocenters. The van der Waals surface area contributed by atoms with Crippen LogP contribution in [0.5, 0.6) is 0 Å². The fourth-order valence-corrected chi connectivity index (χ4v) is 2.09. The maximum atomic E-state index is 14.0. The second-order valence-electron chi connectivity index (χ2n) is 4.19. The molecule has 94 valence electrons. The third-order valence-electron chi connectivity index (χ3n) is 3.24. The van der Waals surface area contributed by atoms with E-state index in [1.54, 1.807) is 6.20 Å². The fraction of sp³-hybridized carbons (Fsp3) is 0.583. The summed E-state index contributed by atoms with van der Waals surface area (Å²) in [6.45, 7) is 6.30. The van der Waals surface area contributed by atoms with Crippen LogP contribution in [-0.2, 0) is 6.61 Å². The van der Waals surface area contributed by atoms with E-state index >= 15 is 0 Å². The summed E-state index contributed by atoms with van der Waals surface area (Å²) >= 11 is 0. The molecule has 0 aliphatic carbocycles. The lowest BCUT2D eigenvalue weighted by molar-refractivity contribution is 0.267. The summed E-state index contributed by atoms with van der Waals surface area (Å²) in [5.74, 6) is -0.0211. The second-order valence-corrected chi connectivity index (χ2v) is 4.19. The maximum absolute atomic E-state index is 14.0. The van der Waals surface area contributed by atoms with Crippen LogP contribution in [0.15, 0.2) is 12.3 Å². The van der Waals surface area contributed by atoms with Crippen LogP contribution in [0.2, 0.25) is 0 Å². The summed E-state index contributed by atoms with van der Waals surface area (Å²) < 4.78 is 14.0. The molecular formula is C12H18FN3O. The summed E-state index contributed by atoms with van der Waals surface area (Å²) in [6.07, 6.45) is 1.55. The molecule has 0 bridgehead atoms. The molecule has 0 spiro atoms. The Balaban J connectivity index is 2.13. The first-order chi connectivity index (χ1) is 8.26. The third-order valence-corrected chi connectivity index (χ3v) is 3.24. The normalized spacial score (nSPS) is 17.5. The van der Waals surface area contributed by atoms with Gasteiger partial charge in [0.1, 0.15) is 0 Å². The minimum atomic E-state index is -0.389. The van der Waals surface area contributed by atoms with Gasteiger partial charge in [-0.1, -0.05) is 6.92 Å². The maximum Gasteiger partial charge on any atom is 0.171 e. The van der Waals surface area contributed by atoms with Crippen molar-refractivity contribution in [2.24, 2.45) is 0 Å². The molecule has 1 saturated heterocycles. The first kappa shape index (κ1) is 12.3. The van der Waals surface area contributed by atoms with Crippen LogP contribution in [0, 0.1) is 5.82 Å². The highest BCUT2D eigenvalue weighted by molar-refractivity contribution is 5.43. The topological polar surface area (TPSA) is 39.6 Å². The molecular weight excluding hydrogens is 221 g/mol. The molecule has 0 amide bonds. The van der Waals surface area contributed by atoms with Crippen molar-refractivity contribution in [2.45, 2.75) is 13.5 Å². The van der Waals surface area contributed by atoms with E-state index in [0.717, 1.165) is 32.7 Å². The number of likely N-dealkylation sites (N-methyl/N-ethyl adjacent to an activating group) is 1. The van der Waals surface area contributed by atoms with Crippen molar-refractivity contribution in [3.8, 4) is 0 Å². The van der Waals surface area contributed by atoms with Crippen molar-refractivity contribution in [3.63, 3.8) is 0 Å². The molecule has 1 aromatic heterocycles. The van der Waals surface area contributed by atoms with Gasteiger partial charge in [-0.25, -0.2) is 9.37 Å². The van der Waals surface area contributed by atoms with Gasteiger partial charge in [-0.3, -0.25) is 0 Å². The molecule has 1 aromatic rings. The predicted molar refractivity (Wildman–Crippen MR) is 64.4 cm³/mol. The van der Waals surface area contributed by atoms with E-state index in [9.17, 15) is 4.39 Å². The fourth-order valence-electron chi connectivity index (χ4n) is 2.09. The van der Waals surface area contributed by atoms with Crippen LogP contribution in [-0.4, -0.2) is 47.7 Å². The Bertz CT molecular complexity index is 378. The van der Waals surface area contributed by atoms with E-state index in [2.05, 4.69) is 16.8 Å². The lowest BCUT2D eigenvalue weighted by Gasteiger charge is -2.35. The van der Waals surface area contributed by atoms with E-state index in [1.165, 1.54) is 6.07 Å². The van der Waals surface area contributed by atoms with Gasteiger partial charge in [-0.2, -0.15) is 0 Å². The third kappa shape index (κ3) is 2.56. The van der Waals surface area contributed by atoms with E-state index in [0.29, 0.717) is 11.4 Å². The Morgan fingerprint density at radius 1 is 1.35 bits per heavy atom. The van der Waals surface area contributed by atoms with Crippen molar-refractivity contribution in [3.05, 3.63) is 23.6 Å². The number of hydrogen-bond acceptors (Lipinski definition) is 4. The zero-order valence-electron chi connectivity index (χ0n) is 10.1. The minimum Gasteiger partial charge on any atom is -0.392 e. The number of anilines is 1. The monoisotopic (exact) mass is 239 g/mol. The molecule has 17 heavy (non-hydrogen) atoms. The van der Waals surface area contributed by atoms with Gasteiger partial charge in [-0.05, 0) is 12.6 Å². The van der Waals surface area contributed by atoms with Gasteiger partial charge >= 0.3 is 0 Å². The van der Waals surface area contributed by atoms with Gasteiger partial charge in [0.15, 0.2) is 11.6 Å². The molecule has 0 aromatic carbocycles. The van der Waals surface area contributed by atoms with Crippen molar-refractivity contribution in [1.29, 1.82) is 0 Å². The Kier molecular flexibility index (Phi) is 3.91. The summed E-state index contributed by atoms with van der Waals surface area (Å²) in [7, 11) is 0. The number of aliphatic hydroxyl groups excluding tert-OH is 1. The van der Waals surface area contributed by atoms with Gasteiger partial charge in [0.05, 0.1) is 6.61 Å². The molecule has 0 saturated carbocycles. The van der Waals surface area contributed by atoms with Gasteiger partial charge in [0.2, 0.25) is 0 Å². The molecule has 0 radical (unpaired) electrons. The first-order valence-electron chi connectivity index (χ1n) is 5.97. The Morgan fingerprint density at radius 3 is 2.65 bits per heavy atom. The van der Waals surface area contributed by atoms with Crippen LogP contribution >= 0.6 is 0 Å². The Morgan fingerprint density at radius 2 is 2.06 bits per heavy atom. The van der Waals surface area contributed by atoms with Gasteiger partial charge in [-0.15, -0.1) is 0 Å². The molecule has 0 atom stereocenters. The molecule has 5 heteroatoms. The van der Waals surface area contributed by atoms with Crippen LogP contribution in [0.4, 0.5) is 10.2 Å². The standard InChI is InChI=1S/C12H18FN3O/c1-2-15-5-7-16(8-6-15)12-11(13)10(9-17)3-4-14-12/h3-4,17H,2,5-9H2,1H3. The lowest BCUT2D eigenvalue weighted by atomic mass is 10.2. The van der Waals surface area contributed by atoms with E-state index in [4.69, 9.17) is 5.11 Å². The van der Waals surface area contributed by atoms with Crippen molar-refractivity contribution in [2.75, 3.05) is 37.6 Å². The second kappa shape index (κ2) is 5.42. The minimum absolute atomic E-state index is 0.281. The van der Waals surface area contributed by atoms with Crippen molar-refractivity contribution < 1.29 is 9.50 Å². The molecule has 1 fully saturated rings. The number of piperazine rings is 1. The molecule has 1 aliphatic heterocycles. The highest BCUT2D eigenvalue weighted by Crippen LogP contribution is 2.20. The number of halogens is 1. The average Bonchev–Trinajstić information content (AvgIpc) is 2.39. The highest BCUT2D eigenvalue weighted by Gasteiger charge is 2.20. The highest BCUT2D eigenvalue weighted by atomic mass is 19.1. The molecule has 4 nitrogen and oxygen atoms in total. The SMILES string of the molecule is CCN1CCN(c2nccc(CO)c2F)CC1. The zero-order chi connectivity index (χ0) is 12.3. The van der Waals surface area contributed by atoms with E-state index in [1.807, 2.05) is 4.90 Å². The Labute approximate surface area is 101 Å². The van der Waals surface area contributed by atoms with Crippen LogP contribution in [0.1, 0.15) is 12.5 Å². The van der Waals surface area contributed by atoms with Crippen LogP contribution < -0.4 is 4.90 Å². The number of aromatic nitrogens is 1. The van der Waals surface area contributed by atoms with Crippen molar-refractivity contribution >= 4 is 5.82 Å². The molecule has 1 N–H and O–H groups in total. The number of nitrogens with zero attached hydrogens (tertiary/aromatic N) is 3. The largest absolute Gasteiger partial charge is 0.392 e.